The summed E-state index contributed by atoms with van der Waals surface area (Å²) in [5, 5.41) is 3.32. The van der Waals surface area contributed by atoms with Crippen LogP contribution >= 0.6 is 0 Å². The molecule has 1 saturated heterocycles. The third-order valence-electron chi connectivity index (χ3n) is 6.71. The minimum Gasteiger partial charge on any atom is -0.497 e. The molecule has 39 heavy (non-hydrogen) atoms. The Morgan fingerprint density at radius 2 is 1.64 bits per heavy atom. The van der Waals surface area contributed by atoms with Gasteiger partial charge in [0.15, 0.2) is 0 Å². The average Bonchev–Trinajstić information content (AvgIpc) is 3.00. The van der Waals surface area contributed by atoms with Crippen molar-refractivity contribution < 1.29 is 19.0 Å². The van der Waals surface area contributed by atoms with E-state index in [0.29, 0.717) is 23.6 Å². The molecule has 5 rings (SSSR count). The molecule has 0 aliphatic carbocycles. The molecule has 1 fully saturated rings. The predicted molar refractivity (Wildman–Crippen MR) is 151 cm³/mol. The number of carbonyl (C=O) groups is 1. The molecule has 1 aliphatic rings. The first-order valence-electron chi connectivity index (χ1n) is 12.9. The van der Waals surface area contributed by atoms with E-state index in [0.717, 1.165) is 66.5 Å². The number of esters is 1. The van der Waals surface area contributed by atoms with E-state index < -0.39 is 5.97 Å². The molecule has 0 saturated carbocycles. The number of benzene rings is 2. The number of morpholine rings is 1. The maximum Gasteiger partial charge on any atom is 0.338 e. The second-order valence-corrected chi connectivity index (χ2v) is 9.32. The Labute approximate surface area is 228 Å². The van der Waals surface area contributed by atoms with Crippen molar-refractivity contribution in [2.24, 2.45) is 0 Å². The van der Waals surface area contributed by atoms with E-state index >= 15 is 0 Å². The van der Waals surface area contributed by atoms with Gasteiger partial charge in [0.25, 0.3) is 0 Å². The molecule has 2 aromatic carbocycles. The summed E-state index contributed by atoms with van der Waals surface area (Å²) in [6.07, 6.45) is 1.92. The highest BCUT2D eigenvalue weighted by atomic mass is 16.5. The molecule has 1 N–H and O–H groups in total. The van der Waals surface area contributed by atoms with Crippen molar-refractivity contribution in [3.8, 4) is 28.1 Å². The van der Waals surface area contributed by atoms with Gasteiger partial charge < -0.3 is 19.5 Å². The first kappa shape index (κ1) is 26.3. The van der Waals surface area contributed by atoms with Crippen molar-refractivity contribution in [1.29, 1.82) is 0 Å². The van der Waals surface area contributed by atoms with Crippen LogP contribution in [0, 0.1) is 0 Å². The number of methoxy groups -OCH3 is 2. The third-order valence-corrected chi connectivity index (χ3v) is 6.71. The average molecular weight is 525 g/mol. The number of hydrogen-bond acceptors (Lipinski definition) is 8. The number of pyridine rings is 2. The molecule has 2 aromatic heterocycles. The Kier molecular flexibility index (Phi) is 8.45. The molecule has 0 radical (unpaired) electrons. The summed E-state index contributed by atoms with van der Waals surface area (Å²) in [5.74, 6) is 0.980. The van der Waals surface area contributed by atoms with E-state index in [-0.39, 0.29) is 0 Å². The fourth-order valence-electron chi connectivity index (χ4n) is 4.45. The van der Waals surface area contributed by atoms with Crippen LogP contribution in [-0.4, -0.2) is 61.4 Å². The first-order chi connectivity index (χ1) is 19.1. The number of nitrogens with zero attached hydrogens (tertiary/aromatic N) is 3. The highest BCUT2D eigenvalue weighted by Gasteiger charge is 2.13. The largest absolute Gasteiger partial charge is 0.497 e. The molecule has 3 heterocycles. The van der Waals surface area contributed by atoms with Crippen molar-refractivity contribution in [2.75, 3.05) is 45.8 Å². The van der Waals surface area contributed by atoms with Gasteiger partial charge in [-0.1, -0.05) is 42.5 Å². The first-order valence-corrected chi connectivity index (χ1v) is 12.9. The zero-order valence-corrected chi connectivity index (χ0v) is 22.2. The van der Waals surface area contributed by atoms with Crippen molar-refractivity contribution >= 4 is 11.8 Å². The second-order valence-electron chi connectivity index (χ2n) is 9.32. The standard InChI is InChI=1S/C31H32N4O4/c1-37-28-11-3-22(4-12-28)19-33-30-18-26(31(36)38-2)17-29(34-30)24-7-5-23(6-8-24)25-9-10-27(32-20-25)21-35-13-15-39-16-14-35/h3-12,17-18,20H,13-16,19,21H2,1-2H3,(H,33,34). The Morgan fingerprint density at radius 1 is 0.923 bits per heavy atom. The Balaban J connectivity index is 1.31. The zero-order chi connectivity index (χ0) is 27.0. The summed E-state index contributed by atoms with van der Waals surface area (Å²) in [6.45, 7) is 4.82. The van der Waals surface area contributed by atoms with Gasteiger partial charge in [0.05, 0.1) is 44.4 Å². The van der Waals surface area contributed by atoms with Crippen LogP contribution in [0.1, 0.15) is 21.6 Å². The van der Waals surface area contributed by atoms with Crippen molar-refractivity contribution in [1.82, 2.24) is 14.9 Å². The van der Waals surface area contributed by atoms with Gasteiger partial charge in [-0.25, -0.2) is 9.78 Å². The van der Waals surface area contributed by atoms with Gasteiger partial charge in [0, 0.05) is 43.5 Å². The Morgan fingerprint density at radius 3 is 2.31 bits per heavy atom. The molecule has 0 spiro atoms. The number of anilines is 1. The van der Waals surface area contributed by atoms with Gasteiger partial charge in [0.2, 0.25) is 0 Å². The molecular formula is C31H32N4O4. The molecule has 8 nitrogen and oxygen atoms in total. The minimum atomic E-state index is -0.411. The van der Waals surface area contributed by atoms with E-state index in [2.05, 4.69) is 27.3 Å². The molecule has 0 atom stereocenters. The van der Waals surface area contributed by atoms with Gasteiger partial charge in [-0.05, 0) is 41.5 Å². The van der Waals surface area contributed by atoms with E-state index in [9.17, 15) is 4.79 Å². The van der Waals surface area contributed by atoms with E-state index in [1.165, 1.54) is 7.11 Å². The van der Waals surface area contributed by atoms with Crippen LogP contribution < -0.4 is 10.1 Å². The summed E-state index contributed by atoms with van der Waals surface area (Å²) in [6, 6.07) is 23.6. The van der Waals surface area contributed by atoms with Crippen LogP contribution in [0.3, 0.4) is 0 Å². The van der Waals surface area contributed by atoms with Crippen LogP contribution in [0.2, 0.25) is 0 Å². The van der Waals surface area contributed by atoms with Crippen LogP contribution in [0.4, 0.5) is 5.82 Å². The predicted octanol–water partition coefficient (Wildman–Crippen LogP) is 5.05. The highest BCUT2D eigenvalue weighted by Crippen LogP contribution is 2.26. The monoisotopic (exact) mass is 524 g/mol. The quantitative estimate of drug-likeness (QED) is 0.305. The van der Waals surface area contributed by atoms with E-state index in [1.807, 2.05) is 54.7 Å². The van der Waals surface area contributed by atoms with Gasteiger partial charge in [-0.2, -0.15) is 0 Å². The maximum atomic E-state index is 12.4. The van der Waals surface area contributed by atoms with Crippen LogP contribution in [0.15, 0.2) is 79.0 Å². The molecule has 200 valence electrons. The number of aromatic nitrogens is 2. The van der Waals surface area contributed by atoms with Crippen molar-refractivity contribution in [3.63, 3.8) is 0 Å². The molecule has 0 bridgehead atoms. The van der Waals surface area contributed by atoms with Crippen molar-refractivity contribution in [3.05, 3.63) is 95.8 Å². The fraction of sp³-hybridized carbons (Fsp3) is 0.258. The fourth-order valence-corrected chi connectivity index (χ4v) is 4.45. The van der Waals surface area contributed by atoms with E-state index in [4.69, 9.17) is 19.2 Å². The molecule has 0 amide bonds. The number of ether oxygens (including phenoxy) is 3. The number of nitrogens with one attached hydrogen (secondary N) is 1. The normalized spacial score (nSPS) is 13.6. The van der Waals surface area contributed by atoms with Gasteiger partial charge >= 0.3 is 5.97 Å². The lowest BCUT2D eigenvalue weighted by atomic mass is 10.0. The maximum absolute atomic E-state index is 12.4. The van der Waals surface area contributed by atoms with Gasteiger partial charge in [-0.3, -0.25) is 9.88 Å². The number of hydrogen-bond donors (Lipinski definition) is 1. The minimum absolute atomic E-state index is 0.411. The Bertz CT molecular complexity index is 1380. The SMILES string of the molecule is COC(=O)c1cc(NCc2ccc(OC)cc2)nc(-c2ccc(-c3ccc(CN4CCOCC4)nc3)cc2)c1. The number of carbonyl (C=O) groups excluding carboxylic acids is 1. The lowest BCUT2D eigenvalue weighted by molar-refractivity contribution is 0.0336. The van der Waals surface area contributed by atoms with Crippen molar-refractivity contribution in [2.45, 2.75) is 13.1 Å². The summed E-state index contributed by atoms with van der Waals surface area (Å²) in [5.41, 5.74) is 6.24. The third kappa shape index (κ3) is 6.79. The highest BCUT2D eigenvalue weighted by molar-refractivity contribution is 5.91. The molecular weight excluding hydrogens is 492 g/mol. The summed E-state index contributed by atoms with van der Waals surface area (Å²) in [4.78, 5) is 24.2. The van der Waals surface area contributed by atoms with Crippen LogP contribution in [0.5, 0.6) is 5.75 Å². The second kappa shape index (κ2) is 12.5. The van der Waals surface area contributed by atoms with Gasteiger partial charge in [-0.15, -0.1) is 0 Å². The molecule has 1 aliphatic heterocycles. The molecule has 4 aromatic rings. The zero-order valence-electron chi connectivity index (χ0n) is 22.2. The topological polar surface area (TPSA) is 85.8 Å². The lowest BCUT2D eigenvalue weighted by Gasteiger charge is -2.26. The smallest absolute Gasteiger partial charge is 0.338 e. The van der Waals surface area contributed by atoms with Gasteiger partial charge in [0.1, 0.15) is 11.6 Å². The summed E-state index contributed by atoms with van der Waals surface area (Å²) < 4.78 is 15.6. The summed E-state index contributed by atoms with van der Waals surface area (Å²) in [7, 11) is 3.02. The van der Waals surface area contributed by atoms with Crippen LogP contribution in [0.25, 0.3) is 22.4 Å². The number of rotatable bonds is 9. The Hall–Kier alpha value is -4.27. The lowest BCUT2D eigenvalue weighted by Crippen LogP contribution is -2.35. The molecule has 8 heteroatoms. The van der Waals surface area contributed by atoms with E-state index in [1.54, 1.807) is 19.2 Å². The van der Waals surface area contributed by atoms with Crippen LogP contribution in [-0.2, 0) is 22.6 Å². The summed E-state index contributed by atoms with van der Waals surface area (Å²) >= 11 is 0. The molecule has 0 unspecified atom stereocenters.